The minimum absolute atomic E-state index is 0.174. The molecule has 1 heterocycles. The Morgan fingerprint density at radius 1 is 1.06 bits per heavy atom. The fourth-order valence-electron chi connectivity index (χ4n) is 2.00. The number of nitrogens with zero attached hydrogens (tertiary/aromatic N) is 1. The van der Waals surface area contributed by atoms with E-state index in [0.29, 0.717) is 5.39 Å². The molecule has 3 heteroatoms. The van der Waals surface area contributed by atoms with E-state index in [1.807, 2.05) is 33.8 Å². The van der Waals surface area contributed by atoms with Crippen LogP contribution in [0.3, 0.4) is 0 Å². The highest BCUT2D eigenvalue weighted by molar-refractivity contribution is 5.84. The molecule has 0 fully saturated rings. The van der Waals surface area contributed by atoms with Gasteiger partial charge in [0.15, 0.2) is 5.82 Å². The van der Waals surface area contributed by atoms with E-state index in [0.717, 1.165) is 17.3 Å². The van der Waals surface area contributed by atoms with Crippen molar-refractivity contribution < 1.29 is 8.78 Å². The number of aromatic nitrogens is 1. The molecule has 17 heavy (non-hydrogen) atoms. The van der Waals surface area contributed by atoms with Crippen LogP contribution in [0.15, 0.2) is 18.2 Å². The Labute approximate surface area is 99.5 Å². The standard InChI is InChI=1S/C14H15F2N/c1-8-5-11(14(2,3)4)10-6-9(15)7-12(16)13(10)17-8/h5-7H,1-4H3. The van der Waals surface area contributed by atoms with Crippen molar-refractivity contribution in [1.82, 2.24) is 4.98 Å². The summed E-state index contributed by atoms with van der Waals surface area (Å²) in [7, 11) is 0. The summed E-state index contributed by atoms with van der Waals surface area (Å²) in [6.07, 6.45) is 0. The third kappa shape index (κ3) is 2.14. The largest absolute Gasteiger partial charge is 0.250 e. The average Bonchev–Trinajstić information content (AvgIpc) is 2.16. The van der Waals surface area contributed by atoms with Crippen molar-refractivity contribution in [3.63, 3.8) is 0 Å². The van der Waals surface area contributed by atoms with Gasteiger partial charge in [-0.15, -0.1) is 0 Å². The summed E-state index contributed by atoms with van der Waals surface area (Å²) < 4.78 is 27.0. The molecule has 2 rings (SSSR count). The van der Waals surface area contributed by atoms with Crippen LogP contribution in [0.1, 0.15) is 32.0 Å². The summed E-state index contributed by atoms with van der Waals surface area (Å²) in [6, 6.07) is 4.12. The van der Waals surface area contributed by atoms with Crippen molar-refractivity contribution >= 4 is 10.9 Å². The zero-order valence-electron chi connectivity index (χ0n) is 10.4. The zero-order valence-corrected chi connectivity index (χ0v) is 10.4. The van der Waals surface area contributed by atoms with E-state index in [4.69, 9.17) is 0 Å². The Kier molecular flexibility index (Phi) is 2.64. The third-order valence-corrected chi connectivity index (χ3v) is 2.77. The summed E-state index contributed by atoms with van der Waals surface area (Å²) in [6.45, 7) is 7.87. The van der Waals surface area contributed by atoms with Crippen molar-refractivity contribution in [3.05, 3.63) is 41.1 Å². The summed E-state index contributed by atoms with van der Waals surface area (Å²) >= 11 is 0. The molecule has 1 aromatic heterocycles. The van der Waals surface area contributed by atoms with Gasteiger partial charge in [0, 0.05) is 17.1 Å². The molecule has 0 unspecified atom stereocenters. The maximum absolute atomic E-state index is 13.7. The van der Waals surface area contributed by atoms with Gasteiger partial charge in [0.25, 0.3) is 0 Å². The van der Waals surface area contributed by atoms with Crippen LogP contribution in [0.5, 0.6) is 0 Å². The number of aryl methyl sites for hydroxylation is 1. The minimum Gasteiger partial charge on any atom is -0.250 e. The predicted octanol–water partition coefficient (Wildman–Crippen LogP) is 4.12. The summed E-state index contributed by atoms with van der Waals surface area (Å²) in [4.78, 5) is 4.15. The van der Waals surface area contributed by atoms with Crippen molar-refractivity contribution in [2.75, 3.05) is 0 Å². The molecular weight excluding hydrogens is 220 g/mol. The van der Waals surface area contributed by atoms with Crippen LogP contribution in [0, 0.1) is 18.6 Å². The summed E-state index contributed by atoms with van der Waals surface area (Å²) in [5.74, 6) is -1.17. The Hall–Kier alpha value is -1.51. The normalized spacial score (nSPS) is 12.1. The lowest BCUT2D eigenvalue weighted by atomic mass is 9.84. The monoisotopic (exact) mass is 235 g/mol. The highest BCUT2D eigenvalue weighted by Gasteiger charge is 2.20. The molecule has 0 saturated carbocycles. The van der Waals surface area contributed by atoms with Gasteiger partial charge in [-0.2, -0.15) is 0 Å². The number of rotatable bonds is 0. The van der Waals surface area contributed by atoms with E-state index in [-0.39, 0.29) is 10.9 Å². The number of hydrogen-bond donors (Lipinski definition) is 0. The van der Waals surface area contributed by atoms with Gasteiger partial charge in [0.1, 0.15) is 11.3 Å². The van der Waals surface area contributed by atoms with E-state index in [1.165, 1.54) is 6.07 Å². The number of fused-ring (bicyclic) bond motifs is 1. The van der Waals surface area contributed by atoms with E-state index in [9.17, 15) is 8.78 Å². The minimum atomic E-state index is -0.603. The Morgan fingerprint density at radius 3 is 2.29 bits per heavy atom. The molecule has 0 bridgehead atoms. The molecule has 0 atom stereocenters. The fourth-order valence-corrected chi connectivity index (χ4v) is 2.00. The number of halogens is 2. The zero-order chi connectivity index (χ0) is 12.8. The van der Waals surface area contributed by atoms with Gasteiger partial charge in [-0.05, 0) is 30.0 Å². The first-order valence-corrected chi connectivity index (χ1v) is 5.56. The van der Waals surface area contributed by atoms with Crippen LogP contribution >= 0.6 is 0 Å². The average molecular weight is 235 g/mol. The predicted molar refractivity (Wildman–Crippen MR) is 65.1 cm³/mol. The van der Waals surface area contributed by atoms with Crippen LogP contribution in [-0.4, -0.2) is 4.98 Å². The molecule has 90 valence electrons. The van der Waals surface area contributed by atoms with Gasteiger partial charge >= 0.3 is 0 Å². The van der Waals surface area contributed by atoms with Gasteiger partial charge < -0.3 is 0 Å². The molecule has 0 N–H and O–H groups in total. The fraction of sp³-hybridized carbons (Fsp3) is 0.357. The molecule has 0 saturated heterocycles. The second-order valence-corrected chi connectivity index (χ2v) is 5.34. The van der Waals surface area contributed by atoms with Gasteiger partial charge in [-0.25, -0.2) is 8.78 Å². The highest BCUT2D eigenvalue weighted by Crippen LogP contribution is 2.31. The van der Waals surface area contributed by atoms with Crippen LogP contribution in [0.4, 0.5) is 8.78 Å². The molecule has 2 aromatic rings. The van der Waals surface area contributed by atoms with E-state index in [1.54, 1.807) is 0 Å². The number of hydrogen-bond acceptors (Lipinski definition) is 1. The molecule has 0 amide bonds. The lowest BCUT2D eigenvalue weighted by molar-refractivity contribution is 0.581. The van der Waals surface area contributed by atoms with Crippen LogP contribution < -0.4 is 0 Å². The quantitative estimate of drug-likeness (QED) is 0.669. The first-order valence-electron chi connectivity index (χ1n) is 5.56. The molecule has 0 spiro atoms. The van der Waals surface area contributed by atoms with Crippen molar-refractivity contribution in [2.24, 2.45) is 0 Å². The first kappa shape index (κ1) is 12.0. The topological polar surface area (TPSA) is 12.9 Å². The van der Waals surface area contributed by atoms with Gasteiger partial charge in [0.05, 0.1) is 0 Å². The molecule has 0 aliphatic rings. The van der Waals surface area contributed by atoms with Gasteiger partial charge in [-0.1, -0.05) is 20.8 Å². The van der Waals surface area contributed by atoms with Crippen LogP contribution in [0.25, 0.3) is 10.9 Å². The number of benzene rings is 1. The maximum Gasteiger partial charge on any atom is 0.152 e. The number of pyridine rings is 1. The third-order valence-electron chi connectivity index (χ3n) is 2.77. The molecule has 1 aromatic carbocycles. The van der Waals surface area contributed by atoms with Crippen LogP contribution in [-0.2, 0) is 5.41 Å². The Balaban J connectivity index is 2.93. The lowest BCUT2D eigenvalue weighted by Gasteiger charge is -2.21. The Morgan fingerprint density at radius 2 is 1.71 bits per heavy atom. The van der Waals surface area contributed by atoms with Crippen molar-refractivity contribution in [1.29, 1.82) is 0 Å². The summed E-state index contributed by atoms with van der Waals surface area (Å²) in [5.41, 5.74) is 1.73. The van der Waals surface area contributed by atoms with Crippen molar-refractivity contribution in [2.45, 2.75) is 33.1 Å². The van der Waals surface area contributed by atoms with Gasteiger partial charge in [0.2, 0.25) is 0 Å². The molecule has 0 radical (unpaired) electrons. The van der Waals surface area contributed by atoms with E-state index in [2.05, 4.69) is 4.98 Å². The maximum atomic E-state index is 13.7. The second-order valence-electron chi connectivity index (χ2n) is 5.34. The lowest BCUT2D eigenvalue weighted by Crippen LogP contribution is -2.13. The van der Waals surface area contributed by atoms with E-state index >= 15 is 0 Å². The van der Waals surface area contributed by atoms with E-state index < -0.39 is 11.6 Å². The van der Waals surface area contributed by atoms with Crippen molar-refractivity contribution in [3.8, 4) is 0 Å². The van der Waals surface area contributed by atoms with Crippen LogP contribution in [0.2, 0.25) is 0 Å². The van der Waals surface area contributed by atoms with Gasteiger partial charge in [-0.3, -0.25) is 4.98 Å². The molecule has 1 nitrogen and oxygen atoms in total. The molecule has 0 aliphatic carbocycles. The second kappa shape index (κ2) is 3.76. The highest BCUT2D eigenvalue weighted by atomic mass is 19.1. The molecular formula is C14H15F2N. The Bertz CT molecular complexity index is 583. The smallest absolute Gasteiger partial charge is 0.152 e. The summed E-state index contributed by atoms with van der Waals surface area (Å²) in [5, 5.41) is 0.556. The first-order chi connectivity index (χ1) is 7.79. The molecule has 0 aliphatic heterocycles. The SMILES string of the molecule is Cc1cc(C(C)(C)C)c2cc(F)cc(F)c2n1.